The zero-order valence-electron chi connectivity index (χ0n) is 8.23. The van der Waals surface area contributed by atoms with Crippen LogP contribution in [0.25, 0.3) is 0 Å². The third-order valence-corrected chi connectivity index (χ3v) is 2.42. The number of piperidine rings is 1. The molecule has 1 heterocycles. The largest absolute Gasteiger partial charge is 0.414 e. The van der Waals surface area contributed by atoms with Crippen LogP contribution in [0.1, 0.15) is 26.2 Å². The molecule has 1 saturated heterocycles. The average Bonchev–Trinajstić information content (AvgIpc) is 2.14. The molecule has 2 nitrogen and oxygen atoms in total. The topological polar surface area (TPSA) is 21.3 Å². The van der Waals surface area contributed by atoms with Crippen molar-refractivity contribution in [3.63, 3.8) is 0 Å². The maximum absolute atomic E-state index is 12.1. The van der Waals surface area contributed by atoms with Crippen LogP contribution in [0.3, 0.4) is 0 Å². The summed E-state index contributed by atoms with van der Waals surface area (Å²) in [6.07, 6.45) is -2.82. The Bertz CT molecular complexity index is 166. The molecular weight excluding hydrogens is 195 g/mol. The van der Waals surface area contributed by atoms with Gasteiger partial charge in [0.25, 0.3) is 0 Å². The van der Waals surface area contributed by atoms with Crippen LogP contribution in [0.4, 0.5) is 13.2 Å². The van der Waals surface area contributed by atoms with Crippen molar-refractivity contribution in [2.75, 3.05) is 13.2 Å². The molecular formula is C9H16F3NO. The van der Waals surface area contributed by atoms with Gasteiger partial charge in [-0.2, -0.15) is 13.2 Å². The normalized spacial score (nSPS) is 26.1. The monoisotopic (exact) mass is 211 g/mol. The number of alkyl halides is 3. The Morgan fingerprint density at radius 2 is 2.14 bits per heavy atom. The summed E-state index contributed by atoms with van der Waals surface area (Å²) in [5.41, 5.74) is 0. The fourth-order valence-electron chi connectivity index (χ4n) is 1.42. The lowest BCUT2D eigenvalue weighted by Gasteiger charge is -2.25. The molecule has 0 aromatic rings. The Kier molecular flexibility index (Phi) is 4.19. The number of rotatable bonds is 3. The van der Waals surface area contributed by atoms with Gasteiger partial charge in [0.05, 0.1) is 6.61 Å². The molecule has 0 aliphatic carbocycles. The predicted octanol–water partition coefficient (Wildman–Crippen LogP) is 2.10. The van der Waals surface area contributed by atoms with E-state index in [2.05, 4.69) is 5.32 Å². The van der Waals surface area contributed by atoms with E-state index in [4.69, 9.17) is 4.74 Å². The molecule has 1 fully saturated rings. The lowest BCUT2D eigenvalue weighted by atomic mass is 10.1. The summed E-state index contributed by atoms with van der Waals surface area (Å²) in [7, 11) is 0. The lowest BCUT2D eigenvalue weighted by Crippen LogP contribution is -2.40. The van der Waals surface area contributed by atoms with Gasteiger partial charge >= 0.3 is 6.18 Å². The minimum absolute atomic E-state index is 0.0912. The molecule has 0 radical (unpaired) electrons. The third kappa shape index (κ3) is 3.84. The van der Waals surface area contributed by atoms with Crippen molar-refractivity contribution in [3.05, 3.63) is 0 Å². The second-order valence-electron chi connectivity index (χ2n) is 3.66. The van der Waals surface area contributed by atoms with E-state index in [0.717, 1.165) is 32.7 Å². The Balaban J connectivity index is 2.19. The quantitative estimate of drug-likeness (QED) is 0.771. The minimum atomic E-state index is -4.24. The van der Waals surface area contributed by atoms with Crippen LogP contribution < -0.4 is 5.32 Å². The van der Waals surface area contributed by atoms with Gasteiger partial charge in [-0.3, -0.25) is 0 Å². The fraction of sp³-hybridized carbons (Fsp3) is 1.00. The van der Waals surface area contributed by atoms with E-state index in [1.54, 1.807) is 0 Å². The summed E-state index contributed by atoms with van der Waals surface area (Å²) < 4.78 is 40.9. The van der Waals surface area contributed by atoms with Gasteiger partial charge in [-0.05, 0) is 26.3 Å². The molecule has 0 bridgehead atoms. The van der Waals surface area contributed by atoms with Crippen molar-refractivity contribution >= 4 is 0 Å². The van der Waals surface area contributed by atoms with Crippen LogP contribution in [0.5, 0.6) is 0 Å². The Morgan fingerprint density at radius 1 is 1.43 bits per heavy atom. The van der Waals surface area contributed by atoms with Gasteiger partial charge in [0.2, 0.25) is 0 Å². The van der Waals surface area contributed by atoms with E-state index >= 15 is 0 Å². The van der Waals surface area contributed by atoms with Crippen LogP contribution in [0.2, 0.25) is 0 Å². The Morgan fingerprint density at radius 3 is 2.64 bits per heavy atom. The number of hydrogen-bond acceptors (Lipinski definition) is 2. The summed E-state index contributed by atoms with van der Waals surface area (Å²) in [6, 6.07) is 0.0912. The summed E-state index contributed by atoms with van der Waals surface area (Å²) in [6.45, 7) is 2.08. The maximum atomic E-state index is 12.1. The highest BCUT2D eigenvalue weighted by atomic mass is 19.4. The van der Waals surface area contributed by atoms with E-state index in [1.165, 1.54) is 0 Å². The molecule has 0 aromatic carbocycles. The first-order valence-corrected chi connectivity index (χ1v) is 4.92. The van der Waals surface area contributed by atoms with Crippen LogP contribution in [0, 0.1) is 0 Å². The average molecular weight is 211 g/mol. The Hall–Kier alpha value is -0.290. The zero-order chi connectivity index (χ0) is 10.6. The fourth-order valence-corrected chi connectivity index (χ4v) is 1.42. The third-order valence-electron chi connectivity index (χ3n) is 2.42. The van der Waals surface area contributed by atoms with Crippen LogP contribution in [-0.2, 0) is 4.74 Å². The van der Waals surface area contributed by atoms with Crippen molar-refractivity contribution < 1.29 is 17.9 Å². The molecule has 2 atom stereocenters. The molecule has 1 rings (SSSR count). The lowest BCUT2D eigenvalue weighted by molar-refractivity contribution is -0.215. The molecule has 2 unspecified atom stereocenters. The van der Waals surface area contributed by atoms with Crippen molar-refractivity contribution in [2.45, 2.75) is 44.5 Å². The highest BCUT2D eigenvalue weighted by molar-refractivity contribution is 4.72. The number of ether oxygens (including phenoxy) is 1. The van der Waals surface area contributed by atoms with Crippen LogP contribution in [0.15, 0.2) is 0 Å². The van der Waals surface area contributed by atoms with Gasteiger partial charge in [0, 0.05) is 6.04 Å². The standard InChI is InChI=1S/C9H16F3NO/c1-7(9(10,11)12)14-6-8-4-2-3-5-13-8/h7-8,13H,2-6H2,1H3. The highest BCUT2D eigenvalue weighted by Crippen LogP contribution is 2.22. The molecule has 14 heavy (non-hydrogen) atoms. The van der Waals surface area contributed by atoms with Crippen molar-refractivity contribution in [1.82, 2.24) is 5.32 Å². The van der Waals surface area contributed by atoms with E-state index in [1.807, 2.05) is 0 Å². The molecule has 84 valence electrons. The number of hydrogen-bond donors (Lipinski definition) is 1. The smallest absolute Gasteiger partial charge is 0.367 e. The van der Waals surface area contributed by atoms with Crippen molar-refractivity contribution in [1.29, 1.82) is 0 Å². The molecule has 0 spiro atoms. The molecule has 1 aliphatic rings. The number of nitrogens with one attached hydrogen (secondary N) is 1. The van der Waals surface area contributed by atoms with Crippen molar-refractivity contribution in [3.8, 4) is 0 Å². The first-order chi connectivity index (χ1) is 6.50. The summed E-state index contributed by atoms with van der Waals surface area (Å²) in [4.78, 5) is 0. The van der Waals surface area contributed by atoms with Crippen LogP contribution in [-0.4, -0.2) is 31.5 Å². The van der Waals surface area contributed by atoms with E-state index < -0.39 is 12.3 Å². The minimum Gasteiger partial charge on any atom is -0.367 e. The number of halogens is 3. The first-order valence-electron chi connectivity index (χ1n) is 4.92. The molecule has 0 amide bonds. The Labute approximate surface area is 81.8 Å². The van der Waals surface area contributed by atoms with Gasteiger partial charge < -0.3 is 10.1 Å². The first kappa shape index (κ1) is 11.8. The van der Waals surface area contributed by atoms with E-state index in [0.29, 0.717) is 0 Å². The van der Waals surface area contributed by atoms with E-state index in [-0.39, 0.29) is 12.6 Å². The maximum Gasteiger partial charge on any atom is 0.414 e. The summed E-state index contributed by atoms with van der Waals surface area (Å²) in [5.74, 6) is 0. The summed E-state index contributed by atoms with van der Waals surface area (Å²) in [5, 5.41) is 3.13. The second kappa shape index (κ2) is 4.98. The molecule has 5 heteroatoms. The zero-order valence-corrected chi connectivity index (χ0v) is 8.23. The van der Waals surface area contributed by atoms with E-state index in [9.17, 15) is 13.2 Å². The predicted molar refractivity (Wildman–Crippen MR) is 47.1 cm³/mol. The molecule has 0 saturated carbocycles. The van der Waals surface area contributed by atoms with Gasteiger partial charge in [-0.15, -0.1) is 0 Å². The second-order valence-corrected chi connectivity index (χ2v) is 3.66. The highest BCUT2D eigenvalue weighted by Gasteiger charge is 2.37. The molecule has 1 N–H and O–H groups in total. The summed E-state index contributed by atoms with van der Waals surface area (Å²) >= 11 is 0. The SMILES string of the molecule is CC(OCC1CCCCN1)C(F)(F)F. The van der Waals surface area contributed by atoms with Gasteiger partial charge in [0.1, 0.15) is 0 Å². The van der Waals surface area contributed by atoms with Gasteiger partial charge in [-0.25, -0.2) is 0 Å². The molecule has 0 aromatic heterocycles. The van der Waals surface area contributed by atoms with Crippen molar-refractivity contribution in [2.24, 2.45) is 0 Å². The van der Waals surface area contributed by atoms with Crippen LogP contribution >= 0.6 is 0 Å². The van der Waals surface area contributed by atoms with Gasteiger partial charge in [-0.1, -0.05) is 6.42 Å². The van der Waals surface area contributed by atoms with Gasteiger partial charge in [0.15, 0.2) is 6.10 Å². The molecule has 1 aliphatic heterocycles.